The van der Waals surface area contributed by atoms with Gasteiger partial charge in [-0.2, -0.15) is 0 Å². The van der Waals surface area contributed by atoms with Crippen molar-refractivity contribution in [3.8, 4) is 0 Å². The molecular formula is C26H36FN5. The van der Waals surface area contributed by atoms with E-state index in [9.17, 15) is 4.39 Å². The Kier molecular flexibility index (Phi) is 7.33. The Balaban J connectivity index is 1.27. The van der Waals surface area contributed by atoms with Crippen molar-refractivity contribution in [1.82, 2.24) is 15.1 Å². The van der Waals surface area contributed by atoms with Gasteiger partial charge in [-0.25, -0.2) is 4.39 Å². The molecule has 32 heavy (non-hydrogen) atoms. The summed E-state index contributed by atoms with van der Waals surface area (Å²) in [5, 5.41) is 6.97. The summed E-state index contributed by atoms with van der Waals surface area (Å²) < 4.78 is 13.4. The van der Waals surface area contributed by atoms with Crippen LogP contribution in [-0.4, -0.2) is 61.7 Å². The number of likely N-dealkylation sites (tertiary alicyclic amines) is 1. The first-order chi connectivity index (χ1) is 15.5. The lowest BCUT2D eigenvalue weighted by molar-refractivity contribution is 0.199. The molecule has 2 aromatic carbocycles. The normalized spacial score (nSPS) is 20.2. The fourth-order valence-corrected chi connectivity index (χ4v) is 4.70. The van der Waals surface area contributed by atoms with Crippen LogP contribution in [0, 0.1) is 5.82 Å². The Bertz CT molecular complexity index is 891. The number of nitrogens with one attached hydrogen (secondary N) is 2. The third-order valence-corrected chi connectivity index (χ3v) is 6.63. The Hall–Kier alpha value is -2.57. The van der Waals surface area contributed by atoms with E-state index in [1.165, 1.54) is 11.6 Å². The molecule has 0 saturated carbocycles. The van der Waals surface area contributed by atoms with Crippen molar-refractivity contribution < 1.29 is 4.39 Å². The Labute approximate surface area is 191 Å². The zero-order valence-electron chi connectivity index (χ0n) is 19.4. The molecule has 2 N–H and O–H groups in total. The molecular weight excluding hydrogens is 401 g/mol. The van der Waals surface area contributed by atoms with Gasteiger partial charge in [-0.3, -0.25) is 4.90 Å². The molecule has 2 aliphatic rings. The van der Waals surface area contributed by atoms with E-state index < -0.39 is 0 Å². The van der Waals surface area contributed by atoms with Crippen LogP contribution in [0.5, 0.6) is 0 Å². The number of piperidine rings is 1. The summed E-state index contributed by atoms with van der Waals surface area (Å²) in [5.41, 5.74) is 3.37. The summed E-state index contributed by atoms with van der Waals surface area (Å²) in [6.07, 6.45) is 2.01. The predicted molar refractivity (Wildman–Crippen MR) is 131 cm³/mol. The van der Waals surface area contributed by atoms with Crippen LogP contribution in [0.1, 0.15) is 25.3 Å². The minimum Gasteiger partial charge on any atom is -0.382 e. The molecule has 2 aromatic rings. The molecule has 0 spiro atoms. The van der Waals surface area contributed by atoms with Crippen molar-refractivity contribution in [2.24, 2.45) is 0 Å². The molecule has 0 aliphatic carbocycles. The van der Waals surface area contributed by atoms with E-state index in [1.54, 1.807) is 12.1 Å². The minimum absolute atomic E-state index is 0.198. The van der Waals surface area contributed by atoms with Gasteiger partial charge in [-0.1, -0.05) is 24.8 Å². The number of anilines is 2. The van der Waals surface area contributed by atoms with E-state index in [2.05, 4.69) is 70.1 Å². The van der Waals surface area contributed by atoms with Crippen molar-refractivity contribution in [2.75, 3.05) is 50.0 Å². The number of rotatable bonds is 7. The number of piperazine rings is 1. The smallest absolute Gasteiger partial charge is 0.125 e. The lowest BCUT2D eigenvalue weighted by Gasteiger charge is -2.38. The van der Waals surface area contributed by atoms with Crippen molar-refractivity contribution in [2.45, 2.75) is 38.4 Å². The number of hydrogen-bond donors (Lipinski definition) is 2. The molecule has 4 rings (SSSR count). The highest BCUT2D eigenvalue weighted by Gasteiger charge is 2.22. The number of halogens is 1. The highest BCUT2D eigenvalue weighted by molar-refractivity contribution is 5.51. The third-order valence-electron chi connectivity index (χ3n) is 6.63. The van der Waals surface area contributed by atoms with Crippen LogP contribution < -0.4 is 15.5 Å². The van der Waals surface area contributed by atoms with Crippen LogP contribution in [0.3, 0.4) is 0 Å². The average Bonchev–Trinajstić information content (AvgIpc) is 2.79. The molecule has 0 unspecified atom stereocenters. The van der Waals surface area contributed by atoms with Gasteiger partial charge in [0.15, 0.2) is 0 Å². The summed E-state index contributed by atoms with van der Waals surface area (Å²) in [7, 11) is 2.09. The first-order valence-electron chi connectivity index (χ1n) is 11.7. The molecule has 2 fully saturated rings. The highest BCUT2D eigenvalue weighted by atomic mass is 19.1. The maximum atomic E-state index is 13.4. The van der Waals surface area contributed by atoms with Crippen molar-refractivity contribution in [3.63, 3.8) is 0 Å². The lowest BCUT2D eigenvalue weighted by atomic mass is 10.0. The third kappa shape index (κ3) is 5.81. The minimum atomic E-state index is -0.198. The van der Waals surface area contributed by atoms with E-state index in [0.717, 1.165) is 69.3 Å². The number of hydrogen-bond acceptors (Lipinski definition) is 5. The second-order valence-electron chi connectivity index (χ2n) is 9.15. The lowest BCUT2D eigenvalue weighted by Crippen LogP contribution is -2.48. The SMILES string of the molecule is C=C(N1CCC(Nc2cccc(F)c2)CC1)N(C)c1ccc(CN2CCN[C@@H](C)C2)cc1. The first-order valence-corrected chi connectivity index (χ1v) is 11.7. The van der Waals surface area contributed by atoms with Crippen LogP contribution in [0.25, 0.3) is 0 Å². The second kappa shape index (κ2) is 10.4. The van der Waals surface area contributed by atoms with Gasteiger partial charge in [-0.15, -0.1) is 0 Å². The molecule has 2 saturated heterocycles. The molecule has 0 radical (unpaired) electrons. The van der Waals surface area contributed by atoms with Gasteiger partial charge in [0.05, 0.1) is 0 Å². The summed E-state index contributed by atoms with van der Waals surface area (Å²) >= 11 is 0. The summed E-state index contributed by atoms with van der Waals surface area (Å²) in [4.78, 5) is 7.04. The van der Waals surface area contributed by atoms with Gasteiger partial charge in [0.2, 0.25) is 0 Å². The Morgan fingerprint density at radius 3 is 2.59 bits per heavy atom. The largest absolute Gasteiger partial charge is 0.382 e. The van der Waals surface area contributed by atoms with E-state index in [-0.39, 0.29) is 5.82 Å². The van der Waals surface area contributed by atoms with Gasteiger partial charge < -0.3 is 20.4 Å². The standard InChI is InChI=1S/C26H36FN5/c1-20-18-31(16-13-28-20)19-22-7-9-26(10-8-22)30(3)21(2)32-14-11-24(12-15-32)29-25-6-4-5-23(27)17-25/h4-10,17,20,24,28-29H,2,11-16,18-19H2,1,3H3/t20-/m0/s1. The Morgan fingerprint density at radius 2 is 1.91 bits per heavy atom. The van der Waals surface area contributed by atoms with Gasteiger partial charge in [0.25, 0.3) is 0 Å². The molecule has 0 amide bonds. The number of nitrogens with zero attached hydrogens (tertiary/aromatic N) is 3. The summed E-state index contributed by atoms with van der Waals surface area (Å²) in [6.45, 7) is 12.8. The van der Waals surface area contributed by atoms with Gasteiger partial charge >= 0.3 is 0 Å². The van der Waals surface area contributed by atoms with E-state index >= 15 is 0 Å². The van der Waals surface area contributed by atoms with E-state index in [4.69, 9.17) is 0 Å². The highest BCUT2D eigenvalue weighted by Crippen LogP contribution is 2.24. The van der Waals surface area contributed by atoms with Crippen LogP contribution in [-0.2, 0) is 6.54 Å². The van der Waals surface area contributed by atoms with Crippen molar-refractivity contribution in [3.05, 3.63) is 72.3 Å². The summed E-state index contributed by atoms with van der Waals surface area (Å²) in [5.74, 6) is 0.828. The monoisotopic (exact) mass is 437 g/mol. The molecule has 2 heterocycles. The van der Waals surface area contributed by atoms with Crippen LogP contribution in [0.2, 0.25) is 0 Å². The second-order valence-corrected chi connectivity index (χ2v) is 9.15. The van der Waals surface area contributed by atoms with Crippen LogP contribution >= 0.6 is 0 Å². The molecule has 0 bridgehead atoms. The molecule has 2 aliphatic heterocycles. The zero-order valence-corrected chi connectivity index (χ0v) is 19.4. The number of benzene rings is 2. The molecule has 1 atom stereocenters. The summed E-state index contributed by atoms with van der Waals surface area (Å²) in [6, 6.07) is 16.5. The molecule has 0 aromatic heterocycles. The maximum absolute atomic E-state index is 13.4. The fourth-order valence-electron chi connectivity index (χ4n) is 4.70. The average molecular weight is 438 g/mol. The van der Waals surface area contributed by atoms with E-state index in [0.29, 0.717) is 12.1 Å². The van der Waals surface area contributed by atoms with Gasteiger partial charge in [0.1, 0.15) is 11.6 Å². The van der Waals surface area contributed by atoms with Gasteiger partial charge in [-0.05, 0) is 55.7 Å². The van der Waals surface area contributed by atoms with Crippen LogP contribution in [0.15, 0.2) is 60.9 Å². The fraction of sp³-hybridized carbons (Fsp3) is 0.462. The van der Waals surface area contributed by atoms with Gasteiger partial charge in [0, 0.05) is 69.8 Å². The maximum Gasteiger partial charge on any atom is 0.125 e. The molecule has 5 nitrogen and oxygen atoms in total. The quantitative estimate of drug-likeness (QED) is 0.682. The van der Waals surface area contributed by atoms with Crippen LogP contribution in [0.4, 0.5) is 15.8 Å². The zero-order chi connectivity index (χ0) is 22.5. The van der Waals surface area contributed by atoms with Crippen molar-refractivity contribution in [1.29, 1.82) is 0 Å². The first kappa shape index (κ1) is 22.6. The topological polar surface area (TPSA) is 33.8 Å². The molecule has 172 valence electrons. The van der Waals surface area contributed by atoms with E-state index in [1.807, 2.05) is 6.07 Å². The predicted octanol–water partition coefficient (Wildman–Crippen LogP) is 4.10. The van der Waals surface area contributed by atoms with Crippen molar-refractivity contribution >= 4 is 11.4 Å². The molecule has 6 heteroatoms. The Morgan fingerprint density at radius 1 is 1.16 bits per heavy atom.